The molecule has 0 saturated carbocycles. The molecule has 0 fully saturated rings. The van der Waals surface area contributed by atoms with Gasteiger partial charge in [0.05, 0.1) is 19.0 Å². The minimum absolute atomic E-state index is 0.749. The van der Waals surface area contributed by atoms with Crippen molar-refractivity contribution in [2.75, 3.05) is 0 Å². The molecular weight excluding hydrogens is 402 g/mol. The lowest BCUT2D eigenvalue weighted by Crippen LogP contribution is -2.49. The maximum atomic E-state index is 2.51. The van der Waals surface area contributed by atoms with E-state index in [1.54, 1.807) is 5.19 Å². The van der Waals surface area contributed by atoms with Gasteiger partial charge < -0.3 is 0 Å². The summed E-state index contributed by atoms with van der Waals surface area (Å²) in [6.07, 6.45) is 2.23. The van der Waals surface area contributed by atoms with Crippen LogP contribution in [0.5, 0.6) is 0 Å². The first-order valence-corrected chi connectivity index (χ1v) is 14.5. The zero-order valence-electron chi connectivity index (χ0n) is 20.4. The third-order valence-electron chi connectivity index (χ3n) is 7.68. The van der Waals surface area contributed by atoms with E-state index in [1.165, 1.54) is 50.8 Å². The lowest BCUT2D eigenvalue weighted by Gasteiger charge is -2.34. The number of pyridine rings is 1. The molecule has 32 heavy (non-hydrogen) atoms. The molecule has 0 radical (unpaired) electrons. The minimum Gasteiger partial charge on any atom is -0.200 e. The van der Waals surface area contributed by atoms with Gasteiger partial charge in [0, 0.05) is 6.07 Å². The van der Waals surface area contributed by atoms with Crippen molar-refractivity contribution in [2.45, 2.75) is 52.2 Å². The predicted octanol–water partition coefficient (Wildman–Crippen LogP) is 7.41. The van der Waals surface area contributed by atoms with Gasteiger partial charge in [-0.05, 0) is 46.7 Å². The lowest BCUT2D eigenvalue weighted by atomic mass is 9.95. The van der Waals surface area contributed by atoms with Gasteiger partial charge in [0.15, 0.2) is 6.20 Å². The molecule has 3 aromatic carbocycles. The monoisotopic (exact) mass is 438 g/mol. The highest BCUT2D eigenvalue weighted by Crippen LogP contribution is 2.33. The van der Waals surface area contributed by atoms with Gasteiger partial charge in [0.2, 0.25) is 5.69 Å². The van der Waals surface area contributed by atoms with Gasteiger partial charge in [-0.2, -0.15) is 0 Å². The van der Waals surface area contributed by atoms with Gasteiger partial charge >= 0.3 is 0 Å². The van der Waals surface area contributed by atoms with Crippen LogP contribution >= 0.6 is 0 Å². The Morgan fingerprint density at radius 1 is 0.812 bits per heavy atom. The van der Waals surface area contributed by atoms with E-state index in [-0.39, 0.29) is 0 Å². The Morgan fingerprint density at radius 3 is 2.19 bits per heavy atom. The van der Waals surface area contributed by atoms with Crippen LogP contribution in [0.4, 0.5) is 0 Å². The highest BCUT2D eigenvalue weighted by molar-refractivity contribution is 6.92. The summed E-state index contributed by atoms with van der Waals surface area (Å²) in [6, 6.07) is 29.8. The van der Waals surface area contributed by atoms with Crippen molar-refractivity contribution in [2.24, 2.45) is 7.05 Å². The molecule has 4 aromatic rings. The molecule has 0 bridgehead atoms. The third-order valence-corrected chi connectivity index (χ3v) is 13.9. The fourth-order valence-corrected chi connectivity index (χ4v) is 9.99. The molecular formula is C30H36NSi+. The predicted molar refractivity (Wildman–Crippen MR) is 142 cm³/mol. The van der Waals surface area contributed by atoms with Crippen molar-refractivity contribution < 1.29 is 4.57 Å². The van der Waals surface area contributed by atoms with Crippen molar-refractivity contribution in [3.63, 3.8) is 0 Å². The Hall–Kier alpha value is -2.71. The van der Waals surface area contributed by atoms with Gasteiger partial charge in [0.25, 0.3) is 0 Å². The lowest BCUT2D eigenvalue weighted by molar-refractivity contribution is -0.659. The summed E-state index contributed by atoms with van der Waals surface area (Å²) in [5.41, 5.74) is 7.20. The van der Waals surface area contributed by atoms with Crippen molar-refractivity contribution >= 4 is 24.0 Å². The number of aromatic nitrogens is 1. The first-order valence-electron chi connectivity index (χ1n) is 12.0. The molecule has 0 spiro atoms. The van der Waals surface area contributed by atoms with Crippen LogP contribution in [0, 0.1) is 6.92 Å². The van der Waals surface area contributed by atoms with Crippen molar-refractivity contribution in [3.8, 4) is 22.4 Å². The summed E-state index contributed by atoms with van der Waals surface area (Å²) < 4.78 is 2.28. The molecule has 1 heterocycles. The molecule has 4 rings (SSSR count). The number of rotatable bonds is 6. The van der Waals surface area contributed by atoms with Crippen molar-refractivity contribution in [1.82, 2.24) is 0 Å². The Balaban J connectivity index is 1.92. The molecule has 1 nitrogen and oxygen atoms in total. The minimum atomic E-state index is -1.50. The van der Waals surface area contributed by atoms with Crippen LogP contribution < -0.4 is 9.75 Å². The van der Waals surface area contributed by atoms with Gasteiger partial charge in [-0.1, -0.05) is 99.6 Å². The molecule has 0 N–H and O–H groups in total. The Kier molecular flexibility index (Phi) is 6.35. The van der Waals surface area contributed by atoms with E-state index < -0.39 is 8.07 Å². The largest absolute Gasteiger partial charge is 0.220 e. The van der Waals surface area contributed by atoms with E-state index in [2.05, 4.69) is 125 Å². The zero-order valence-corrected chi connectivity index (χ0v) is 21.4. The standard InChI is InChI=1S/C30H36NSi/c1-7-32(8-2,22(3)4)27-16-17-28-26(20-27)18-19-31(6)30(28)29-21-25(15-14-23(29)5)24-12-10-9-11-13-24/h9-22H,7-8H2,1-6H3/q+1. The second kappa shape index (κ2) is 9.03. The molecule has 0 aliphatic carbocycles. The topological polar surface area (TPSA) is 3.88 Å². The maximum Gasteiger partial charge on any atom is 0.220 e. The summed E-state index contributed by atoms with van der Waals surface area (Å²) in [6.45, 7) is 11.9. The first-order chi connectivity index (χ1) is 15.4. The number of benzene rings is 3. The molecule has 0 amide bonds. The summed E-state index contributed by atoms with van der Waals surface area (Å²) in [4.78, 5) is 0. The van der Waals surface area contributed by atoms with Crippen LogP contribution in [0.25, 0.3) is 33.2 Å². The van der Waals surface area contributed by atoms with E-state index in [1.807, 2.05) is 0 Å². The van der Waals surface area contributed by atoms with E-state index in [9.17, 15) is 0 Å². The van der Waals surface area contributed by atoms with E-state index >= 15 is 0 Å². The molecule has 0 aliphatic rings. The SMILES string of the molecule is CC[Si](CC)(c1ccc2c(-c3cc(-c4ccccc4)ccc3C)[n+](C)ccc2c1)C(C)C. The summed E-state index contributed by atoms with van der Waals surface area (Å²) in [5, 5.41) is 4.31. The van der Waals surface area contributed by atoms with E-state index in [0.717, 1.165) is 5.54 Å². The second-order valence-corrected chi connectivity index (χ2v) is 14.9. The number of fused-ring (bicyclic) bond motifs is 1. The fraction of sp³-hybridized carbons (Fsp3) is 0.300. The smallest absolute Gasteiger partial charge is 0.200 e. The molecule has 0 atom stereocenters. The van der Waals surface area contributed by atoms with Gasteiger partial charge in [0.1, 0.15) is 7.05 Å². The molecule has 2 heteroatoms. The van der Waals surface area contributed by atoms with Crippen molar-refractivity contribution in [3.05, 3.63) is 84.6 Å². The molecule has 0 saturated heterocycles. The fourth-order valence-electron chi connectivity index (χ4n) is 5.51. The zero-order chi connectivity index (χ0) is 22.9. The second-order valence-electron chi connectivity index (χ2n) is 9.49. The molecule has 1 aromatic heterocycles. The summed E-state index contributed by atoms with van der Waals surface area (Å²) >= 11 is 0. The number of hydrogen-bond acceptors (Lipinski definition) is 0. The Bertz CT molecular complexity index is 1240. The quantitative estimate of drug-likeness (QED) is 0.218. The highest BCUT2D eigenvalue weighted by Gasteiger charge is 2.35. The van der Waals surface area contributed by atoms with Crippen LogP contribution in [0.1, 0.15) is 33.3 Å². The summed E-state index contributed by atoms with van der Waals surface area (Å²) in [7, 11) is 0.674. The highest BCUT2D eigenvalue weighted by atomic mass is 28.3. The number of hydrogen-bond donors (Lipinski definition) is 0. The molecule has 0 unspecified atom stereocenters. The number of aryl methyl sites for hydroxylation is 2. The van der Waals surface area contributed by atoms with Crippen LogP contribution in [0.15, 0.2) is 79.0 Å². The van der Waals surface area contributed by atoms with Crippen LogP contribution in [0.2, 0.25) is 17.6 Å². The van der Waals surface area contributed by atoms with Crippen molar-refractivity contribution in [1.29, 1.82) is 0 Å². The first kappa shape index (κ1) is 22.5. The maximum absolute atomic E-state index is 2.51. The van der Waals surface area contributed by atoms with E-state index in [4.69, 9.17) is 0 Å². The van der Waals surface area contributed by atoms with Crippen LogP contribution in [-0.2, 0) is 7.05 Å². The van der Waals surface area contributed by atoms with E-state index in [0.29, 0.717) is 0 Å². The normalized spacial score (nSPS) is 12.0. The number of nitrogens with zero attached hydrogens (tertiary/aromatic N) is 1. The van der Waals surface area contributed by atoms with Gasteiger partial charge in [-0.25, -0.2) is 4.57 Å². The van der Waals surface area contributed by atoms with Gasteiger partial charge in [-0.15, -0.1) is 0 Å². The Morgan fingerprint density at radius 2 is 1.53 bits per heavy atom. The average Bonchev–Trinajstić information content (AvgIpc) is 2.81. The average molecular weight is 439 g/mol. The van der Waals surface area contributed by atoms with Crippen LogP contribution in [-0.4, -0.2) is 8.07 Å². The van der Waals surface area contributed by atoms with Gasteiger partial charge in [-0.3, -0.25) is 0 Å². The molecule has 0 aliphatic heterocycles. The summed E-state index contributed by atoms with van der Waals surface area (Å²) in [5.74, 6) is 0. The third kappa shape index (κ3) is 3.82. The van der Waals surface area contributed by atoms with Crippen LogP contribution in [0.3, 0.4) is 0 Å². The Labute approximate surface area is 194 Å². The molecule has 164 valence electrons.